The van der Waals surface area contributed by atoms with E-state index in [-0.39, 0.29) is 0 Å². The molecule has 0 radical (unpaired) electrons. The van der Waals surface area contributed by atoms with Crippen LogP contribution in [0.15, 0.2) is 60.7 Å². The lowest BCUT2D eigenvalue weighted by Gasteiger charge is -2.22. The van der Waals surface area contributed by atoms with Crippen molar-refractivity contribution in [2.75, 3.05) is 0 Å². The van der Waals surface area contributed by atoms with E-state index in [1.807, 2.05) is 36.4 Å². The van der Waals surface area contributed by atoms with Crippen molar-refractivity contribution in [2.45, 2.75) is 5.41 Å². The molecule has 0 aromatic heterocycles. The summed E-state index contributed by atoms with van der Waals surface area (Å²) in [5.74, 6) is 0. The molecule has 0 spiro atoms. The van der Waals surface area contributed by atoms with Crippen LogP contribution in [0.25, 0.3) is 0 Å². The smallest absolute Gasteiger partial charge is 0.142 e. The second-order valence-corrected chi connectivity index (χ2v) is 3.84. The van der Waals surface area contributed by atoms with Crippen molar-refractivity contribution in [3.63, 3.8) is 0 Å². The number of benzene rings is 2. The van der Waals surface area contributed by atoms with Crippen LogP contribution in [0.3, 0.4) is 0 Å². The zero-order valence-electron chi connectivity index (χ0n) is 9.24. The summed E-state index contributed by atoms with van der Waals surface area (Å²) in [6, 6.07) is 18.1. The lowest BCUT2D eigenvalue weighted by Crippen LogP contribution is -2.31. The van der Waals surface area contributed by atoms with Gasteiger partial charge in [-0.15, -0.1) is 0 Å². The highest BCUT2D eigenvalue weighted by atomic mass is 16.1. The minimum Gasteiger partial charge on any atom is -0.302 e. The third kappa shape index (κ3) is 1.89. The summed E-state index contributed by atoms with van der Waals surface area (Å²) >= 11 is 0. The Morgan fingerprint density at radius 1 is 0.647 bits per heavy atom. The second kappa shape index (κ2) is 4.74. The average molecular weight is 224 g/mol. The minimum atomic E-state index is -1.19. The number of carbonyl (C=O) groups excluding carboxylic acids is 2. The van der Waals surface area contributed by atoms with Crippen LogP contribution >= 0.6 is 0 Å². The summed E-state index contributed by atoms with van der Waals surface area (Å²) in [5.41, 5.74) is 0.190. The van der Waals surface area contributed by atoms with Gasteiger partial charge in [0.1, 0.15) is 18.0 Å². The number of rotatable bonds is 4. The van der Waals surface area contributed by atoms with Gasteiger partial charge in [-0.3, -0.25) is 0 Å². The molecule has 2 heteroatoms. The molecule has 0 aliphatic carbocycles. The molecule has 0 unspecified atom stereocenters. The Balaban J connectivity index is 2.62. The zero-order chi connectivity index (χ0) is 12.1. The fourth-order valence-corrected chi connectivity index (χ4v) is 1.89. The molecule has 0 heterocycles. The third-order valence-electron chi connectivity index (χ3n) is 2.87. The maximum atomic E-state index is 11.4. The number of hydrogen-bond acceptors (Lipinski definition) is 2. The van der Waals surface area contributed by atoms with Crippen LogP contribution < -0.4 is 0 Å². The van der Waals surface area contributed by atoms with Gasteiger partial charge in [-0.05, 0) is 11.1 Å². The molecule has 17 heavy (non-hydrogen) atoms. The molecule has 0 saturated heterocycles. The Morgan fingerprint density at radius 3 is 1.29 bits per heavy atom. The monoisotopic (exact) mass is 224 g/mol. The van der Waals surface area contributed by atoms with E-state index in [0.29, 0.717) is 23.7 Å². The van der Waals surface area contributed by atoms with Gasteiger partial charge in [-0.1, -0.05) is 60.7 Å². The summed E-state index contributed by atoms with van der Waals surface area (Å²) < 4.78 is 0. The van der Waals surface area contributed by atoms with E-state index in [1.54, 1.807) is 24.3 Å². The Hall–Kier alpha value is -2.22. The molecule has 2 aromatic carbocycles. The standard InChI is InChI=1S/C15H12O2/c16-11-15(12-17,13-7-3-1-4-8-13)14-9-5-2-6-10-14/h1-12H. The van der Waals surface area contributed by atoms with Gasteiger partial charge in [0.2, 0.25) is 0 Å². The number of aldehydes is 2. The summed E-state index contributed by atoms with van der Waals surface area (Å²) in [7, 11) is 0. The molecule has 84 valence electrons. The number of hydrogen-bond donors (Lipinski definition) is 0. The van der Waals surface area contributed by atoms with Gasteiger partial charge in [0.15, 0.2) is 0 Å². The molecule has 2 aromatic rings. The van der Waals surface area contributed by atoms with Crippen LogP contribution in [-0.2, 0) is 15.0 Å². The average Bonchev–Trinajstić information content (AvgIpc) is 2.43. The van der Waals surface area contributed by atoms with Crippen LogP contribution in [0.5, 0.6) is 0 Å². The van der Waals surface area contributed by atoms with Crippen molar-refractivity contribution in [3.8, 4) is 0 Å². The molecule has 0 aliphatic rings. The van der Waals surface area contributed by atoms with Gasteiger partial charge in [-0.2, -0.15) is 0 Å². The van der Waals surface area contributed by atoms with Crippen LogP contribution in [0.4, 0.5) is 0 Å². The summed E-state index contributed by atoms with van der Waals surface area (Å²) in [5, 5.41) is 0. The van der Waals surface area contributed by atoms with Crippen LogP contribution in [-0.4, -0.2) is 12.6 Å². The molecule has 2 nitrogen and oxygen atoms in total. The first-order valence-electron chi connectivity index (χ1n) is 5.37. The van der Waals surface area contributed by atoms with Crippen LogP contribution in [0.2, 0.25) is 0 Å². The Labute approximate surface area is 99.9 Å². The van der Waals surface area contributed by atoms with Gasteiger partial charge in [0.25, 0.3) is 0 Å². The van der Waals surface area contributed by atoms with E-state index in [9.17, 15) is 9.59 Å². The van der Waals surface area contributed by atoms with Crippen LogP contribution in [0, 0.1) is 0 Å². The van der Waals surface area contributed by atoms with E-state index >= 15 is 0 Å². The van der Waals surface area contributed by atoms with E-state index in [4.69, 9.17) is 0 Å². The maximum absolute atomic E-state index is 11.4. The first-order valence-corrected chi connectivity index (χ1v) is 5.37. The molecule has 0 saturated carbocycles. The topological polar surface area (TPSA) is 34.1 Å². The molecular weight excluding hydrogens is 212 g/mol. The predicted octanol–water partition coefficient (Wildman–Crippen LogP) is 2.37. The Bertz CT molecular complexity index is 453. The largest absolute Gasteiger partial charge is 0.302 e. The van der Waals surface area contributed by atoms with Gasteiger partial charge in [0, 0.05) is 0 Å². The summed E-state index contributed by atoms with van der Waals surface area (Å²) in [6.07, 6.45) is 1.40. The van der Waals surface area contributed by atoms with Crippen molar-refractivity contribution < 1.29 is 9.59 Å². The number of carbonyl (C=O) groups is 2. The first-order chi connectivity index (χ1) is 8.33. The minimum absolute atomic E-state index is 0.691. The van der Waals surface area contributed by atoms with Gasteiger partial charge in [-0.25, -0.2) is 0 Å². The predicted molar refractivity (Wildman–Crippen MR) is 65.8 cm³/mol. The van der Waals surface area contributed by atoms with E-state index in [2.05, 4.69) is 0 Å². The summed E-state index contributed by atoms with van der Waals surface area (Å²) in [4.78, 5) is 22.9. The highest BCUT2D eigenvalue weighted by molar-refractivity contribution is 5.96. The van der Waals surface area contributed by atoms with Crippen molar-refractivity contribution in [3.05, 3.63) is 71.8 Å². The van der Waals surface area contributed by atoms with Crippen molar-refractivity contribution in [2.24, 2.45) is 0 Å². The molecule has 0 N–H and O–H groups in total. The molecule has 0 bridgehead atoms. The van der Waals surface area contributed by atoms with Gasteiger partial charge < -0.3 is 9.59 Å². The van der Waals surface area contributed by atoms with Crippen molar-refractivity contribution in [1.82, 2.24) is 0 Å². The van der Waals surface area contributed by atoms with Gasteiger partial charge >= 0.3 is 0 Å². The zero-order valence-corrected chi connectivity index (χ0v) is 9.24. The highest BCUT2D eigenvalue weighted by Gasteiger charge is 2.33. The van der Waals surface area contributed by atoms with Crippen LogP contribution in [0.1, 0.15) is 11.1 Å². The molecule has 0 aliphatic heterocycles. The van der Waals surface area contributed by atoms with E-state index < -0.39 is 5.41 Å². The molecule has 0 fully saturated rings. The third-order valence-corrected chi connectivity index (χ3v) is 2.87. The fraction of sp³-hybridized carbons (Fsp3) is 0.0667. The summed E-state index contributed by atoms with van der Waals surface area (Å²) in [6.45, 7) is 0. The molecule has 0 atom stereocenters. The Morgan fingerprint density at radius 2 is 1.00 bits per heavy atom. The molecule has 2 rings (SSSR count). The first kappa shape index (κ1) is 11.3. The van der Waals surface area contributed by atoms with Gasteiger partial charge in [0.05, 0.1) is 0 Å². The quantitative estimate of drug-likeness (QED) is 0.590. The fourth-order valence-electron chi connectivity index (χ4n) is 1.89. The van der Waals surface area contributed by atoms with E-state index in [0.717, 1.165) is 0 Å². The lowest BCUT2D eigenvalue weighted by molar-refractivity contribution is -0.119. The normalized spacial score (nSPS) is 10.8. The lowest BCUT2D eigenvalue weighted by atomic mass is 9.77. The van der Waals surface area contributed by atoms with Crippen molar-refractivity contribution >= 4 is 12.6 Å². The molecular formula is C15H12O2. The second-order valence-electron chi connectivity index (χ2n) is 3.84. The SMILES string of the molecule is O=CC(C=O)(c1ccccc1)c1ccccc1. The Kier molecular flexibility index (Phi) is 3.15. The maximum Gasteiger partial charge on any atom is 0.142 e. The van der Waals surface area contributed by atoms with E-state index in [1.165, 1.54) is 0 Å². The van der Waals surface area contributed by atoms with Crippen molar-refractivity contribution in [1.29, 1.82) is 0 Å². The highest BCUT2D eigenvalue weighted by Crippen LogP contribution is 2.28. The molecule has 0 amide bonds.